The third-order valence-corrected chi connectivity index (χ3v) is 7.43. The highest BCUT2D eigenvalue weighted by molar-refractivity contribution is 6.30. The Morgan fingerprint density at radius 1 is 1.06 bits per heavy atom. The number of amides is 1. The standard InChI is InChI=1S/C27H34ClFN2O/c1-19(2)31(27(32)22-5-3-4-6-22)17-23-16-30(15-20-7-11-24(28)12-8-20)18-26(23)21-9-13-25(29)14-10-21/h7-14,19,22-23,26H,3-6,15-18H2,1-2H3. The van der Waals surface area contributed by atoms with Gasteiger partial charge in [0.1, 0.15) is 5.82 Å². The van der Waals surface area contributed by atoms with E-state index in [-0.39, 0.29) is 23.7 Å². The predicted octanol–water partition coefficient (Wildman–Crippen LogP) is 6.12. The summed E-state index contributed by atoms with van der Waals surface area (Å²) in [5.74, 6) is 0.905. The molecule has 2 unspecified atom stereocenters. The van der Waals surface area contributed by atoms with E-state index in [0.717, 1.165) is 49.6 Å². The van der Waals surface area contributed by atoms with Crippen LogP contribution in [0.4, 0.5) is 4.39 Å². The Labute approximate surface area is 196 Å². The van der Waals surface area contributed by atoms with Crippen LogP contribution in [0.2, 0.25) is 5.02 Å². The number of halogens is 2. The van der Waals surface area contributed by atoms with Gasteiger partial charge in [-0.1, -0.05) is 48.7 Å². The summed E-state index contributed by atoms with van der Waals surface area (Å²) in [4.78, 5) is 17.9. The molecule has 1 aliphatic carbocycles. The fraction of sp³-hybridized carbons (Fsp3) is 0.519. The molecule has 0 N–H and O–H groups in total. The lowest BCUT2D eigenvalue weighted by Crippen LogP contribution is -2.44. The van der Waals surface area contributed by atoms with Gasteiger partial charge < -0.3 is 4.90 Å². The molecule has 1 amide bonds. The Morgan fingerprint density at radius 2 is 1.72 bits per heavy atom. The molecule has 1 aliphatic heterocycles. The number of benzene rings is 2. The second-order valence-corrected chi connectivity index (χ2v) is 10.2. The molecule has 1 heterocycles. The highest BCUT2D eigenvalue weighted by Crippen LogP contribution is 2.36. The van der Waals surface area contributed by atoms with Crippen molar-refractivity contribution in [2.24, 2.45) is 11.8 Å². The predicted molar refractivity (Wildman–Crippen MR) is 128 cm³/mol. The van der Waals surface area contributed by atoms with Gasteiger partial charge in [0, 0.05) is 49.1 Å². The average Bonchev–Trinajstić information content (AvgIpc) is 3.44. The molecule has 0 spiro atoms. The summed E-state index contributed by atoms with van der Waals surface area (Å²) in [5.41, 5.74) is 2.39. The van der Waals surface area contributed by atoms with Crippen molar-refractivity contribution in [3.8, 4) is 0 Å². The zero-order valence-corrected chi connectivity index (χ0v) is 19.9. The number of likely N-dealkylation sites (tertiary alicyclic amines) is 1. The molecule has 4 rings (SSSR count). The van der Waals surface area contributed by atoms with Gasteiger partial charge in [0.05, 0.1) is 0 Å². The van der Waals surface area contributed by atoms with Crippen molar-refractivity contribution in [2.75, 3.05) is 19.6 Å². The topological polar surface area (TPSA) is 23.6 Å². The number of nitrogens with zero attached hydrogens (tertiary/aromatic N) is 2. The first-order chi connectivity index (χ1) is 15.4. The molecule has 0 radical (unpaired) electrons. The Morgan fingerprint density at radius 3 is 2.34 bits per heavy atom. The molecule has 0 aromatic heterocycles. The maximum absolute atomic E-state index is 13.6. The molecule has 2 atom stereocenters. The van der Waals surface area contributed by atoms with Crippen LogP contribution in [-0.2, 0) is 11.3 Å². The van der Waals surface area contributed by atoms with Crippen molar-refractivity contribution >= 4 is 17.5 Å². The van der Waals surface area contributed by atoms with Crippen LogP contribution in [-0.4, -0.2) is 41.4 Å². The summed E-state index contributed by atoms with van der Waals surface area (Å²) in [6.45, 7) is 7.68. The summed E-state index contributed by atoms with van der Waals surface area (Å²) in [7, 11) is 0. The Bertz CT molecular complexity index is 893. The van der Waals surface area contributed by atoms with Crippen LogP contribution < -0.4 is 0 Å². The summed E-state index contributed by atoms with van der Waals surface area (Å²) < 4.78 is 13.6. The van der Waals surface area contributed by atoms with Crippen LogP contribution in [0.15, 0.2) is 48.5 Å². The molecule has 3 nitrogen and oxygen atoms in total. The summed E-state index contributed by atoms with van der Waals surface area (Å²) in [5, 5.41) is 0.746. The monoisotopic (exact) mass is 456 g/mol. The van der Waals surface area contributed by atoms with Crippen molar-refractivity contribution in [3.63, 3.8) is 0 Å². The van der Waals surface area contributed by atoms with Crippen molar-refractivity contribution < 1.29 is 9.18 Å². The van der Waals surface area contributed by atoms with E-state index in [0.29, 0.717) is 11.8 Å². The van der Waals surface area contributed by atoms with Gasteiger partial charge in [-0.3, -0.25) is 9.69 Å². The number of carbonyl (C=O) groups excluding carboxylic acids is 1. The molecule has 1 saturated heterocycles. The second-order valence-electron chi connectivity index (χ2n) is 9.80. The van der Waals surface area contributed by atoms with E-state index < -0.39 is 0 Å². The lowest BCUT2D eigenvalue weighted by molar-refractivity contribution is -0.137. The van der Waals surface area contributed by atoms with Crippen LogP contribution in [0.3, 0.4) is 0 Å². The van der Waals surface area contributed by atoms with E-state index in [9.17, 15) is 9.18 Å². The summed E-state index contributed by atoms with van der Waals surface area (Å²) in [6.07, 6.45) is 4.38. The van der Waals surface area contributed by atoms with Crippen LogP contribution in [0.1, 0.15) is 56.6 Å². The van der Waals surface area contributed by atoms with Crippen LogP contribution in [0.25, 0.3) is 0 Å². The van der Waals surface area contributed by atoms with E-state index in [4.69, 9.17) is 11.6 Å². The molecule has 0 bridgehead atoms. The smallest absolute Gasteiger partial charge is 0.225 e. The first-order valence-electron chi connectivity index (χ1n) is 11.9. The SMILES string of the molecule is CC(C)N(CC1CN(Cc2ccc(Cl)cc2)CC1c1ccc(F)cc1)C(=O)C1CCCC1. The quantitative estimate of drug-likeness (QED) is 0.501. The first kappa shape index (κ1) is 23.3. The Balaban J connectivity index is 1.53. The van der Waals surface area contributed by atoms with Gasteiger partial charge in [-0.05, 0) is 68.0 Å². The highest BCUT2D eigenvalue weighted by Gasteiger charge is 2.37. The van der Waals surface area contributed by atoms with Gasteiger partial charge in [-0.15, -0.1) is 0 Å². The van der Waals surface area contributed by atoms with Gasteiger partial charge in [0.25, 0.3) is 0 Å². The minimum absolute atomic E-state index is 0.183. The van der Waals surface area contributed by atoms with Crippen molar-refractivity contribution in [1.82, 2.24) is 9.80 Å². The van der Waals surface area contributed by atoms with Crippen LogP contribution >= 0.6 is 11.6 Å². The van der Waals surface area contributed by atoms with E-state index in [1.54, 1.807) is 12.1 Å². The van der Waals surface area contributed by atoms with Gasteiger partial charge in [0.2, 0.25) is 5.91 Å². The molecule has 1 saturated carbocycles. The third kappa shape index (κ3) is 5.52. The fourth-order valence-electron chi connectivity index (χ4n) is 5.43. The Kier molecular flexibility index (Phi) is 7.52. The molecular formula is C27H34ClFN2O. The molecule has 32 heavy (non-hydrogen) atoms. The maximum Gasteiger partial charge on any atom is 0.225 e. The number of carbonyl (C=O) groups is 1. The van der Waals surface area contributed by atoms with E-state index in [1.807, 2.05) is 24.3 Å². The fourth-order valence-corrected chi connectivity index (χ4v) is 5.55. The van der Waals surface area contributed by atoms with E-state index in [2.05, 4.69) is 35.8 Å². The zero-order chi connectivity index (χ0) is 22.7. The Hall–Kier alpha value is -1.91. The van der Waals surface area contributed by atoms with Crippen LogP contribution in [0, 0.1) is 17.7 Å². The molecular weight excluding hydrogens is 423 g/mol. The largest absolute Gasteiger partial charge is 0.340 e. The molecule has 2 fully saturated rings. The van der Waals surface area contributed by atoms with Crippen LogP contribution in [0.5, 0.6) is 0 Å². The van der Waals surface area contributed by atoms with Gasteiger partial charge in [-0.25, -0.2) is 4.39 Å². The van der Waals surface area contributed by atoms with Gasteiger partial charge in [-0.2, -0.15) is 0 Å². The molecule has 2 aromatic carbocycles. The van der Waals surface area contributed by atoms with E-state index >= 15 is 0 Å². The van der Waals surface area contributed by atoms with Crippen molar-refractivity contribution in [2.45, 2.75) is 58.0 Å². The summed E-state index contributed by atoms with van der Waals surface area (Å²) >= 11 is 6.06. The lowest BCUT2D eigenvalue weighted by atomic mass is 9.88. The zero-order valence-electron chi connectivity index (χ0n) is 19.1. The maximum atomic E-state index is 13.6. The minimum Gasteiger partial charge on any atom is -0.340 e. The highest BCUT2D eigenvalue weighted by atomic mass is 35.5. The first-order valence-corrected chi connectivity index (χ1v) is 12.3. The number of rotatable bonds is 7. The second kappa shape index (κ2) is 10.4. The normalized spacial score (nSPS) is 22.0. The minimum atomic E-state index is -0.207. The lowest BCUT2D eigenvalue weighted by Gasteiger charge is -2.33. The molecule has 172 valence electrons. The summed E-state index contributed by atoms with van der Waals surface area (Å²) in [6, 6.07) is 15.1. The number of hydrogen-bond donors (Lipinski definition) is 0. The van der Waals surface area contributed by atoms with Gasteiger partial charge in [0.15, 0.2) is 0 Å². The van der Waals surface area contributed by atoms with E-state index in [1.165, 1.54) is 18.4 Å². The van der Waals surface area contributed by atoms with Crippen molar-refractivity contribution in [3.05, 3.63) is 70.5 Å². The van der Waals surface area contributed by atoms with Gasteiger partial charge >= 0.3 is 0 Å². The molecule has 2 aliphatic rings. The number of hydrogen-bond acceptors (Lipinski definition) is 2. The van der Waals surface area contributed by atoms with Crippen molar-refractivity contribution in [1.29, 1.82) is 0 Å². The molecule has 2 aromatic rings. The average molecular weight is 457 g/mol. The third-order valence-electron chi connectivity index (χ3n) is 7.18. The molecule has 5 heteroatoms.